The smallest absolute Gasteiger partial charge is 0.234 e. The molecule has 1 saturated heterocycles. The van der Waals surface area contributed by atoms with Crippen LogP contribution in [0.2, 0.25) is 0 Å². The lowest BCUT2D eigenvalue weighted by Gasteiger charge is -2.15. The van der Waals surface area contributed by atoms with Crippen LogP contribution in [-0.4, -0.2) is 53.6 Å². The average molecular weight is 264 g/mol. The zero-order chi connectivity index (χ0) is 13.5. The molecule has 1 N–H and O–H groups in total. The Hall–Kier alpha value is -1.69. The second kappa shape index (κ2) is 7.04. The summed E-state index contributed by atoms with van der Waals surface area (Å²) in [5.74, 6) is 1.11. The van der Waals surface area contributed by atoms with Gasteiger partial charge in [-0.1, -0.05) is 0 Å². The molecule has 1 aromatic rings. The molecule has 0 radical (unpaired) electrons. The third kappa shape index (κ3) is 4.48. The Morgan fingerprint density at radius 1 is 1.58 bits per heavy atom. The van der Waals surface area contributed by atoms with Gasteiger partial charge >= 0.3 is 0 Å². The van der Waals surface area contributed by atoms with Crippen molar-refractivity contribution in [2.75, 3.05) is 32.8 Å². The van der Waals surface area contributed by atoms with Crippen LogP contribution in [-0.2, 0) is 4.79 Å². The lowest BCUT2D eigenvalue weighted by molar-refractivity contribution is -0.121. The lowest BCUT2D eigenvalue weighted by Crippen LogP contribution is -2.36. The molecule has 0 aromatic carbocycles. The summed E-state index contributed by atoms with van der Waals surface area (Å²) in [7, 11) is 0. The molecule has 2 rings (SSSR count). The zero-order valence-electron chi connectivity index (χ0n) is 11.2. The highest BCUT2D eigenvalue weighted by Gasteiger charge is 2.24. The van der Waals surface area contributed by atoms with Gasteiger partial charge < -0.3 is 10.1 Å². The van der Waals surface area contributed by atoms with Crippen molar-refractivity contribution in [2.45, 2.75) is 13.3 Å². The van der Waals surface area contributed by atoms with Crippen LogP contribution in [0.4, 0.5) is 0 Å². The number of ether oxygens (including phenoxy) is 1. The standard InChI is InChI=1S/C13H20N4O2/c1-2-15-12(18)9-17-6-3-11(8-17)10-19-13-7-14-4-5-16-13/h4-5,7,11H,2-3,6,8-10H2,1H3,(H,15,18). The maximum Gasteiger partial charge on any atom is 0.234 e. The van der Waals surface area contributed by atoms with E-state index in [0.717, 1.165) is 19.5 Å². The molecule has 6 nitrogen and oxygen atoms in total. The molecule has 1 aliphatic heterocycles. The van der Waals surface area contributed by atoms with Crippen molar-refractivity contribution in [3.05, 3.63) is 18.6 Å². The van der Waals surface area contributed by atoms with Gasteiger partial charge in [0.05, 0.1) is 19.3 Å². The average Bonchev–Trinajstić information content (AvgIpc) is 2.85. The van der Waals surface area contributed by atoms with Crippen LogP contribution in [0.1, 0.15) is 13.3 Å². The summed E-state index contributed by atoms with van der Waals surface area (Å²) in [6, 6.07) is 0. The molecule has 104 valence electrons. The summed E-state index contributed by atoms with van der Waals surface area (Å²) in [4.78, 5) is 21.7. The Labute approximate surface area is 113 Å². The number of carbonyl (C=O) groups excluding carboxylic acids is 1. The minimum absolute atomic E-state index is 0.0954. The number of aromatic nitrogens is 2. The minimum Gasteiger partial charge on any atom is -0.476 e. The number of carbonyl (C=O) groups is 1. The van der Waals surface area contributed by atoms with Gasteiger partial charge in [-0.05, 0) is 19.9 Å². The summed E-state index contributed by atoms with van der Waals surface area (Å²) < 4.78 is 5.59. The Kier molecular flexibility index (Phi) is 5.09. The maximum atomic E-state index is 11.5. The highest BCUT2D eigenvalue weighted by molar-refractivity contribution is 5.77. The van der Waals surface area contributed by atoms with Crippen LogP contribution in [0.15, 0.2) is 18.6 Å². The van der Waals surface area contributed by atoms with Crippen LogP contribution in [0.5, 0.6) is 5.88 Å². The van der Waals surface area contributed by atoms with E-state index < -0.39 is 0 Å². The van der Waals surface area contributed by atoms with E-state index in [1.54, 1.807) is 18.6 Å². The number of rotatable bonds is 6. The van der Waals surface area contributed by atoms with Crippen LogP contribution in [0.3, 0.4) is 0 Å². The molecule has 19 heavy (non-hydrogen) atoms. The second-order valence-electron chi connectivity index (χ2n) is 4.70. The molecule has 1 aromatic heterocycles. The number of nitrogens with zero attached hydrogens (tertiary/aromatic N) is 3. The van der Waals surface area contributed by atoms with Crippen LogP contribution in [0, 0.1) is 5.92 Å². The third-order valence-electron chi connectivity index (χ3n) is 3.12. The predicted octanol–water partition coefficient (Wildman–Crippen LogP) is 0.313. The summed E-state index contributed by atoms with van der Waals surface area (Å²) in [6.45, 7) is 5.58. The van der Waals surface area contributed by atoms with Gasteiger partial charge in [0.2, 0.25) is 11.8 Å². The molecule has 0 spiro atoms. The van der Waals surface area contributed by atoms with Crippen molar-refractivity contribution >= 4 is 5.91 Å². The van der Waals surface area contributed by atoms with Crippen LogP contribution < -0.4 is 10.1 Å². The number of amides is 1. The molecule has 1 amide bonds. The minimum atomic E-state index is 0.0954. The zero-order valence-corrected chi connectivity index (χ0v) is 11.2. The molecular formula is C13H20N4O2. The van der Waals surface area contributed by atoms with Gasteiger partial charge in [0.25, 0.3) is 0 Å². The first kappa shape index (κ1) is 13.7. The lowest BCUT2D eigenvalue weighted by atomic mass is 10.1. The van der Waals surface area contributed by atoms with Gasteiger partial charge in [0.1, 0.15) is 0 Å². The van der Waals surface area contributed by atoms with Gasteiger partial charge in [-0.15, -0.1) is 0 Å². The first-order valence-electron chi connectivity index (χ1n) is 6.65. The summed E-state index contributed by atoms with van der Waals surface area (Å²) >= 11 is 0. The van der Waals surface area contributed by atoms with E-state index in [9.17, 15) is 4.79 Å². The molecule has 1 atom stereocenters. The predicted molar refractivity (Wildman–Crippen MR) is 70.8 cm³/mol. The second-order valence-corrected chi connectivity index (χ2v) is 4.70. The summed E-state index contributed by atoms with van der Waals surface area (Å²) in [5, 5.41) is 2.81. The van der Waals surface area contributed by atoms with E-state index in [1.165, 1.54) is 0 Å². The Balaban J connectivity index is 1.69. The monoisotopic (exact) mass is 264 g/mol. The van der Waals surface area contributed by atoms with Crippen molar-refractivity contribution < 1.29 is 9.53 Å². The SMILES string of the molecule is CCNC(=O)CN1CCC(COc2cnccn2)C1. The van der Waals surface area contributed by atoms with Gasteiger partial charge in [0.15, 0.2) is 0 Å². The van der Waals surface area contributed by atoms with Gasteiger partial charge in [-0.3, -0.25) is 14.7 Å². The Morgan fingerprint density at radius 3 is 3.21 bits per heavy atom. The molecule has 1 fully saturated rings. The molecule has 0 aliphatic carbocycles. The first-order valence-corrected chi connectivity index (χ1v) is 6.65. The van der Waals surface area contributed by atoms with E-state index in [1.807, 2.05) is 6.92 Å². The van der Waals surface area contributed by atoms with E-state index in [0.29, 0.717) is 31.5 Å². The van der Waals surface area contributed by atoms with Gasteiger partial charge in [-0.25, -0.2) is 4.98 Å². The number of likely N-dealkylation sites (N-methyl/N-ethyl adjacent to an activating group) is 1. The maximum absolute atomic E-state index is 11.5. The topological polar surface area (TPSA) is 67.4 Å². The number of likely N-dealkylation sites (tertiary alicyclic amines) is 1. The first-order chi connectivity index (χ1) is 9.28. The number of hydrogen-bond donors (Lipinski definition) is 1. The number of hydrogen-bond acceptors (Lipinski definition) is 5. The largest absolute Gasteiger partial charge is 0.476 e. The molecule has 2 heterocycles. The van der Waals surface area contributed by atoms with Crippen molar-refractivity contribution in [1.82, 2.24) is 20.2 Å². The van der Waals surface area contributed by atoms with E-state index in [2.05, 4.69) is 20.2 Å². The summed E-state index contributed by atoms with van der Waals surface area (Å²) in [5.41, 5.74) is 0. The van der Waals surface area contributed by atoms with Crippen molar-refractivity contribution in [2.24, 2.45) is 5.92 Å². The fourth-order valence-electron chi connectivity index (χ4n) is 2.21. The quantitative estimate of drug-likeness (QED) is 0.801. The van der Waals surface area contributed by atoms with Crippen molar-refractivity contribution in [3.8, 4) is 5.88 Å². The van der Waals surface area contributed by atoms with E-state index in [-0.39, 0.29) is 5.91 Å². The van der Waals surface area contributed by atoms with Crippen LogP contribution >= 0.6 is 0 Å². The van der Waals surface area contributed by atoms with Gasteiger partial charge in [0, 0.05) is 31.4 Å². The normalized spacial score (nSPS) is 19.3. The van der Waals surface area contributed by atoms with E-state index in [4.69, 9.17) is 4.74 Å². The Bertz CT molecular complexity index is 399. The molecule has 1 aliphatic rings. The third-order valence-corrected chi connectivity index (χ3v) is 3.12. The Morgan fingerprint density at radius 2 is 2.47 bits per heavy atom. The molecule has 6 heteroatoms. The van der Waals surface area contributed by atoms with Gasteiger partial charge in [-0.2, -0.15) is 0 Å². The van der Waals surface area contributed by atoms with Crippen LogP contribution in [0.25, 0.3) is 0 Å². The summed E-state index contributed by atoms with van der Waals surface area (Å²) in [6.07, 6.45) is 5.91. The van der Waals surface area contributed by atoms with Crippen molar-refractivity contribution in [1.29, 1.82) is 0 Å². The highest BCUT2D eigenvalue weighted by atomic mass is 16.5. The fourth-order valence-corrected chi connectivity index (χ4v) is 2.21. The molecule has 0 bridgehead atoms. The molecular weight excluding hydrogens is 244 g/mol. The number of nitrogens with one attached hydrogen (secondary N) is 1. The van der Waals surface area contributed by atoms with Crippen molar-refractivity contribution in [3.63, 3.8) is 0 Å². The fraction of sp³-hybridized carbons (Fsp3) is 0.615. The molecule has 0 saturated carbocycles. The molecule has 1 unspecified atom stereocenters. The van der Waals surface area contributed by atoms with E-state index >= 15 is 0 Å². The highest BCUT2D eigenvalue weighted by Crippen LogP contribution is 2.16.